The Hall–Kier alpha value is -1.85. The van der Waals surface area contributed by atoms with Crippen LogP contribution in [0.4, 0.5) is 4.39 Å². The zero-order chi connectivity index (χ0) is 18.4. The molecule has 0 unspecified atom stereocenters. The Kier molecular flexibility index (Phi) is 6.62. The molecule has 0 amide bonds. The van der Waals surface area contributed by atoms with Gasteiger partial charge in [-0.15, -0.1) is 0 Å². The van der Waals surface area contributed by atoms with Crippen molar-refractivity contribution in [2.45, 2.75) is 39.0 Å². The Bertz CT molecular complexity index is 767. The van der Waals surface area contributed by atoms with E-state index in [2.05, 4.69) is 4.40 Å². The molecule has 25 heavy (non-hydrogen) atoms. The van der Waals surface area contributed by atoms with E-state index in [1.165, 1.54) is 6.07 Å². The van der Waals surface area contributed by atoms with Gasteiger partial charge in [0.15, 0.2) is 0 Å². The van der Waals surface area contributed by atoms with Crippen LogP contribution >= 0.6 is 0 Å². The molecule has 0 saturated carbocycles. The Morgan fingerprint density at radius 3 is 2.48 bits per heavy atom. The van der Waals surface area contributed by atoms with Crippen molar-refractivity contribution in [1.29, 1.82) is 0 Å². The van der Waals surface area contributed by atoms with E-state index in [1.807, 2.05) is 58.0 Å². The van der Waals surface area contributed by atoms with Crippen LogP contribution in [0.15, 0.2) is 52.9 Å². The fourth-order valence-corrected chi connectivity index (χ4v) is 2.72. The van der Waals surface area contributed by atoms with E-state index < -0.39 is 21.5 Å². The van der Waals surface area contributed by atoms with E-state index in [-0.39, 0.29) is 6.61 Å². The van der Waals surface area contributed by atoms with Gasteiger partial charge >= 0.3 is 0 Å². The number of hydrogen-bond acceptors (Lipinski definition) is 2. The van der Waals surface area contributed by atoms with Crippen molar-refractivity contribution in [3.63, 3.8) is 0 Å². The van der Waals surface area contributed by atoms with Crippen molar-refractivity contribution in [1.82, 2.24) is 0 Å². The standard InChI is InChI=1S/C20H24FNO2S/c1-15-10-11-18(21)17(12-15)19(22-25(23)20(2,3)4)14-24-13-16-8-6-5-7-9-16/h5-12H,13-14H2,1-4H3/t25-/m1/s1. The fraction of sp³-hybridized carbons (Fsp3) is 0.350. The van der Waals surface area contributed by atoms with E-state index >= 15 is 0 Å². The molecule has 0 heterocycles. The summed E-state index contributed by atoms with van der Waals surface area (Å²) in [5.74, 6) is -0.390. The smallest absolute Gasteiger partial charge is 0.145 e. The summed E-state index contributed by atoms with van der Waals surface area (Å²) in [4.78, 5) is 0. The Morgan fingerprint density at radius 1 is 1.16 bits per heavy atom. The molecule has 0 spiro atoms. The topological polar surface area (TPSA) is 38.7 Å². The van der Waals surface area contributed by atoms with Crippen LogP contribution in [0.1, 0.15) is 37.5 Å². The van der Waals surface area contributed by atoms with Crippen LogP contribution in [-0.4, -0.2) is 21.3 Å². The molecule has 2 aromatic carbocycles. The van der Waals surface area contributed by atoms with Gasteiger partial charge in [-0.1, -0.05) is 42.0 Å². The van der Waals surface area contributed by atoms with Gasteiger partial charge < -0.3 is 4.74 Å². The predicted octanol–water partition coefficient (Wildman–Crippen LogP) is 4.60. The first kappa shape index (κ1) is 19.5. The molecule has 0 fully saturated rings. The Morgan fingerprint density at radius 2 is 1.84 bits per heavy atom. The van der Waals surface area contributed by atoms with Crippen molar-refractivity contribution in [2.75, 3.05) is 6.61 Å². The largest absolute Gasteiger partial charge is 0.370 e. The molecule has 0 aliphatic carbocycles. The van der Waals surface area contributed by atoms with Gasteiger partial charge in [0.1, 0.15) is 16.8 Å². The first-order chi connectivity index (χ1) is 11.8. The minimum Gasteiger partial charge on any atom is -0.370 e. The van der Waals surface area contributed by atoms with Gasteiger partial charge in [-0.2, -0.15) is 4.40 Å². The SMILES string of the molecule is Cc1ccc(F)c(C(COCc2ccccc2)=N[S@](=O)C(C)(C)C)c1. The molecule has 0 aliphatic rings. The molecule has 134 valence electrons. The molecule has 2 rings (SSSR count). The summed E-state index contributed by atoms with van der Waals surface area (Å²) in [6, 6.07) is 14.5. The quantitative estimate of drug-likeness (QED) is 0.705. The molecule has 0 radical (unpaired) electrons. The summed E-state index contributed by atoms with van der Waals surface area (Å²) in [5, 5.41) is 0. The van der Waals surface area contributed by atoms with E-state index in [4.69, 9.17) is 4.74 Å². The number of halogens is 1. The molecule has 5 heteroatoms. The molecule has 0 saturated heterocycles. The average molecular weight is 361 g/mol. The highest BCUT2D eigenvalue weighted by atomic mass is 32.2. The summed E-state index contributed by atoms with van der Waals surface area (Å²) >= 11 is 0. The molecule has 3 nitrogen and oxygen atoms in total. The lowest BCUT2D eigenvalue weighted by molar-refractivity contribution is 0.158. The van der Waals surface area contributed by atoms with Crippen LogP contribution in [0.3, 0.4) is 0 Å². The van der Waals surface area contributed by atoms with Crippen molar-refractivity contribution in [3.05, 3.63) is 71.0 Å². The number of ether oxygens (including phenoxy) is 1. The second-order valence-corrected chi connectivity index (χ2v) is 8.77. The third-order valence-corrected chi connectivity index (χ3v) is 4.93. The lowest BCUT2D eigenvalue weighted by Crippen LogP contribution is -2.23. The van der Waals surface area contributed by atoms with Crippen LogP contribution in [0, 0.1) is 12.7 Å². The third kappa shape index (κ3) is 5.87. The molecule has 1 atom stereocenters. The van der Waals surface area contributed by atoms with E-state index in [9.17, 15) is 8.60 Å². The van der Waals surface area contributed by atoms with E-state index in [0.717, 1.165) is 11.1 Å². The zero-order valence-electron chi connectivity index (χ0n) is 15.1. The minimum atomic E-state index is -1.49. The second kappa shape index (κ2) is 8.50. The van der Waals surface area contributed by atoms with Crippen LogP contribution in [0.25, 0.3) is 0 Å². The van der Waals surface area contributed by atoms with Gasteiger partial charge in [0.05, 0.1) is 23.7 Å². The number of nitrogens with zero attached hydrogens (tertiary/aromatic N) is 1. The summed E-state index contributed by atoms with van der Waals surface area (Å²) in [6.07, 6.45) is 0. The summed E-state index contributed by atoms with van der Waals surface area (Å²) in [6.45, 7) is 7.86. The van der Waals surface area contributed by atoms with Crippen LogP contribution in [-0.2, 0) is 22.3 Å². The monoisotopic (exact) mass is 361 g/mol. The molecule has 0 N–H and O–H groups in total. The normalized spacial score (nSPS) is 13.7. The predicted molar refractivity (Wildman–Crippen MR) is 102 cm³/mol. The summed E-state index contributed by atoms with van der Waals surface area (Å²) in [7, 11) is -1.49. The van der Waals surface area contributed by atoms with Gasteiger partial charge in [-0.05, 0) is 45.4 Å². The molecule has 0 aliphatic heterocycles. The Balaban J connectivity index is 2.24. The molecule has 0 aromatic heterocycles. The first-order valence-corrected chi connectivity index (χ1v) is 9.26. The molecule has 2 aromatic rings. The third-order valence-electron chi connectivity index (χ3n) is 3.50. The molecular weight excluding hydrogens is 337 g/mol. The van der Waals surface area contributed by atoms with Crippen LogP contribution < -0.4 is 0 Å². The summed E-state index contributed by atoms with van der Waals surface area (Å²) in [5.41, 5.74) is 2.63. The van der Waals surface area contributed by atoms with E-state index in [0.29, 0.717) is 17.9 Å². The van der Waals surface area contributed by atoms with Crippen molar-refractivity contribution in [3.8, 4) is 0 Å². The van der Waals surface area contributed by atoms with Gasteiger partial charge in [0, 0.05) is 5.56 Å². The number of hydrogen-bond donors (Lipinski definition) is 0. The van der Waals surface area contributed by atoms with Gasteiger partial charge in [-0.3, -0.25) is 0 Å². The Labute approximate surface area is 151 Å². The maximum atomic E-state index is 14.3. The second-order valence-electron chi connectivity index (χ2n) is 6.86. The highest BCUT2D eigenvalue weighted by Crippen LogP contribution is 2.17. The number of aryl methyl sites for hydroxylation is 1. The highest BCUT2D eigenvalue weighted by Gasteiger charge is 2.21. The lowest BCUT2D eigenvalue weighted by Gasteiger charge is -2.16. The van der Waals surface area contributed by atoms with Crippen LogP contribution in [0.5, 0.6) is 0 Å². The maximum Gasteiger partial charge on any atom is 0.145 e. The minimum absolute atomic E-state index is 0.0943. The number of benzene rings is 2. The van der Waals surface area contributed by atoms with Gasteiger partial charge in [-0.25, -0.2) is 8.60 Å². The zero-order valence-corrected chi connectivity index (χ0v) is 15.9. The fourth-order valence-electron chi connectivity index (χ4n) is 2.09. The average Bonchev–Trinajstić information content (AvgIpc) is 2.56. The molecular formula is C20H24FNO2S. The molecule has 0 bridgehead atoms. The summed E-state index contributed by atoms with van der Waals surface area (Å²) < 4.78 is 36.2. The maximum absolute atomic E-state index is 14.3. The lowest BCUT2D eigenvalue weighted by atomic mass is 10.1. The van der Waals surface area contributed by atoms with E-state index in [1.54, 1.807) is 12.1 Å². The van der Waals surface area contributed by atoms with Crippen LogP contribution in [0.2, 0.25) is 0 Å². The van der Waals surface area contributed by atoms with Crippen molar-refractivity contribution < 1.29 is 13.3 Å². The van der Waals surface area contributed by atoms with Gasteiger partial charge in [0.25, 0.3) is 0 Å². The van der Waals surface area contributed by atoms with Gasteiger partial charge in [0.2, 0.25) is 0 Å². The first-order valence-electron chi connectivity index (χ1n) is 8.15. The number of rotatable bonds is 6. The van der Waals surface area contributed by atoms with Crippen molar-refractivity contribution >= 4 is 16.7 Å². The highest BCUT2D eigenvalue weighted by molar-refractivity contribution is 7.85. The van der Waals surface area contributed by atoms with Crippen molar-refractivity contribution in [2.24, 2.45) is 4.40 Å².